The van der Waals surface area contributed by atoms with Crippen LogP contribution in [0.5, 0.6) is 5.75 Å². The van der Waals surface area contributed by atoms with E-state index >= 15 is 0 Å². The average molecular weight is 480 g/mol. The molecule has 0 radical (unpaired) electrons. The van der Waals surface area contributed by atoms with Gasteiger partial charge in [0, 0.05) is 5.69 Å². The van der Waals surface area contributed by atoms with Crippen LogP contribution in [0.1, 0.15) is 59.2 Å². The van der Waals surface area contributed by atoms with Crippen LogP contribution in [0.2, 0.25) is 0 Å². The first-order valence-corrected chi connectivity index (χ1v) is 12.8. The Labute approximate surface area is 213 Å². The monoisotopic (exact) mass is 479 g/mol. The molecule has 1 heterocycles. The molecule has 2 atom stereocenters. The van der Waals surface area contributed by atoms with Gasteiger partial charge in [-0.2, -0.15) is 0 Å². The van der Waals surface area contributed by atoms with Crippen LogP contribution in [0.25, 0.3) is 10.8 Å². The number of aryl methyl sites for hydroxylation is 1. The van der Waals surface area contributed by atoms with Gasteiger partial charge >= 0.3 is 5.97 Å². The third-order valence-electron chi connectivity index (χ3n) is 7.50. The molecule has 1 N–H and O–H groups in total. The smallest absolute Gasteiger partial charge is 0.336 e. The molecule has 4 nitrogen and oxygen atoms in total. The number of ether oxygens (including phenoxy) is 1. The number of aromatic carboxylic acids is 1. The molecule has 4 heteroatoms. The average Bonchev–Trinajstić information content (AvgIpc) is 2.88. The fourth-order valence-corrected chi connectivity index (χ4v) is 5.62. The number of nitrogens with zero attached hydrogens (tertiary/aromatic N) is 1. The normalized spacial score (nSPS) is 15.9. The van der Waals surface area contributed by atoms with Crippen LogP contribution in [-0.4, -0.2) is 23.7 Å². The molecule has 4 aromatic carbocycles. The fraction of sp³-hybridized carbons (Fsp3) is 0.281. The predicted molar refractivity (Wildman–Crippen MR) is 147 cm³/mol. The Bertz CT molecular complexity index is 1400. The molecular weight excluding hydrogens is 446 g/mol. The zero-order valence-corrected chi connectivity index (χ0v) is 21.2. The molecule has 0 bridgehead atoms. The van der Waals surface area contributed by atoms with Gasteiger partial charge in [-0.1, -0.05) is 67.6 Å². The molecule has 4 aromatic rings. The lowest BCUT2D eigenvalue weighted by molar-refractivity contribution is 0.0695. The van der Waals surface area contributed by atoms with Crippen molar-refractivity contribution in [3.63, 3.8) is 0 Å². The summed E-state index contributed by atoms with van der Waals surface area (Å²) in [5, 5.41) is 12.4. The standard InChI is InChI=1S/C32H33NO3/c1-21(26-15-9-12-24-11-4-5-14-27(24)26)10-8-13-25-20-33(29-16-6-7-17-30(29)36-25)28-19-18-22(2)31(23(28)3)32(34)35/h4-7,9,11-12,14-19,21,25H,8,10,13,20H2,1-3H3,(H,34,35)/t21-,25?/m0/s1. The lowest BCUT2D eigenvalue weighted by atomic mass is 9.90. The van der Waals surface area contributed by atoms with E-state index in [-0.39, 0.29) is 6.10 Å². The maximum absolute atomic E-state index is 11.9. The molecule has 0 aromatic heterocycles. The maximum Gasteiger partial charge on any atom is 0.336 e. The minimum Gasteiger partial charge on any atom is -0.486 e. The summed E-state index contributed by atoms with van der Waals surface area (Å²) in [5.41, 5.74) is 5.29. The molecule has 0 amide bonds. The molecule has 1 unspecified atom stereocenters. The third-order valence-corrected chi connectivity index (χ3v) is 7.50. The van der Waals surface area contributed by atoms with Gasteiger partial charge in [0.2, 0.25) is 0 Å². The summed E-state index contributed by atoms with van der Waals surface area (Å²) in [4.78, 5) is 14.2. The second kappa shape index (κ2) is 10.1. The molecular formula is C32H33NO3. The summed E-state index contributed by atoms with van der Waals surface area (Å²) in [5.74, 6) is 0.431. The highest BCUT2D eigenvalue weighted by Gasteiger charge is 2.28. The Kier molecular flexibility index (Phi) is 6.69. The van der Waals surface area contributed by atoms with Crippen LogP contribution in [0.3, 0.4) is 0 Å². The van der Waals surface area contributed by atoms with Crippen molar-refractivity contribution >= 4 is 28.1 Å². The highest BCUT2D eigenvalue weighted by molar-refractivity contribution is 5.94. The lowest BCUT2D eigenvalue weighted by Crippen LogP contribution is -2.37. The molecule has 1 aliphatic rings. The summed E-state index contributed by atoms with van der Waals surface area (Å²) in [6.45, 7) is 6.77. The second-order valence-electron chi connectivity index (χ2n) is 9.93. The Hall–Kier alpha value is -3.79. The molecule has 0 saturated carbocycles. The summed E-state index contributed by atoms with van der Waals surface area (Å²) < 4.78 is 6.42. The van der Waals surface area contributed by atoms with Gasteiger partial charge in [-0.05, 0) is 84.7 Å². The van der Waals surface area contributed by atoms with Crippen molar-refractivity contribution in [2.24, 2.45) is 0 Å². The number of fused-ring (bicyclic) bond motifs is 2. The van der Waals surface area contributed by atoms with E-state index in [4.69, 9.17) is 4.74 Å². The summed E-state index contributed by atoms with van der Waals surface area (Å²) in [7, 11) is 0. The number of carbonyl (C=O) groups is 1. The summed E-state index contributed by atoms with van der Waals surface area (Å²) in [6.07, 6.45) is 3.12. The van der Waals surface area contributed by atoms with E-state index in [9.17, 15) is 9.90 Å². The minimum absolute atomic E-state index is 0.0357. The van der Waals surface area contributed by atoms with Crippen molar-refractivity contribution in [2.45, 2.75) is 52.1 Å². The van der Waals surface area contributed by atoms with Crippen molar-refractivity contribution in [1.82, 2.24) is 0 Å². The van der Waals surface area contributed by atoms with Gasteiger partial charge in [0.15, 0.2) is 0 Å². The van der Waals surface area contributed by atoms with Gasteiger partial charge in [0.25, 0.3) is 0 Å². The predicted octanol–water partition coefficient (Wildman–Crippen LogP) is 8.03. The summed E-state index contributed by atoms with van der Waals surface area (Å²) in [6, 6.07) is 27.2. The number of hydrogen-bond donors (Lipinski definition) is 1. The van der Waals surface area contributed by atoms with Crippen LogP contribution < -0.4 is 9.64 Å². The van der Waals surface area contributed by atoms with E-state index in [1.165, 1.54) is 16.3 Å². The number of carboxylic acid groups (broad SMARTS) is 1. The molecule has 0 fully saturated rings. The summed E-state index contributed by atoms with van der Waals surface area (Å²) >= 11 is 0. The van der Waals surface area contributed by atoms with E-state index in [0.29, 0.717) is 18.0 Å². The van der Waals surface area contributed by atoms with E-state index in [1.807, 2.05) is 50.2 Å². The van der Waals surface area contributed by atoms with Crippen LogP contribution in [0.15, 0.2) is 78.9 Å². The van der Waals surface area contributed by atoms with E-state index < -0.39 is 5.97 Å². The number of rotatable bonds is 7. The lowest BCUT2D eigenvalue weighted by Gasteiger charge is -2.37. The van der Waals surface area contributed by atoms with E-state index in [2.05, 4.69) is 54.3 Å². The first kappa shape index (κ1) is 23.9. The number of hydrogen-bond acceptors (Lipinski definition) is 3. The Morgan fingerprint density at radius 1 is 0.972 bits per heavy atom. The molecule has 5 rings (SSSR count). The van der Waals surface area contributed by atoms with E-state index in [0.717, 1.165) is 47.5 Å². The third kappa shape index (κ3) is 4.56. The molecule has 1 aliphatic heterocycles. The number of para-hydroxylation sites is 2. The molecule has 184 valence electrons. The maximum atomic E-state index is 11.9. The zero-order chi connectivity index (χ0) is 25.2. The molecule has 0 aliphatic carbocycles. The van der Waals surface area contributed by atoms with Gasteiger partial charge < -0.3 is 14.7 Å². The molecule has 36 heavy (non-hydrogen) atoms. The van der Waals surface area contributed by atoms with Crippen LogP contribution in [0, 0.1) is 13.8 Å². The van der Waals surface area contributed by atoms with Gasteiger partial charge in [0.1, 0.15) is 11.9 Å². The minimum atomic E-state index is -0.882. The molecule has 0 saturated heterocycles. The molecule has 0 spiro atoms. The highest BCUT2D eigenvalue weighted by Crippen LogP contribution is 2.41. The Morgan fingerprint density at radius 3 is 2.56 bits per heavy atom. The van der Waals surface area contributed by atoms with Crippen molar-refractivity contribution in [3.8, 4) is 5.75 Å². The van der Waals surface area contributed by atoms with E-state index in [1.54, 1.807) is 0 Å². The van der Waals surface area contributed by atoms with Crippen LogP contribution in [0.4, 0.5) is 11.4 Å². The topological polar surface area (TPSA) is 49.8 Å². The zero-order valence-electron chi connectivity index (χ0n) is 21.2. The largest absolute Gasteiger partial charge is 0.486 e. The van der Waals surface area contributed by atoms with Crippen molar-refractivity contribution in [1.29, 1.82) is 0 Å². The van der Waals surface area contributed by atoms with Gasteiger partial charge in [-0.3, -0.25) is 0 Å². The Morgan fingerprint density at radius 2 is 1.72 bits per heavy atom. The van der Waals surface area contributed by atoms with Crippen molar-refractivity contribution in [2.75, 3.05) is 11.4 Å². The number of benzene rings is 4. The SMILES string of the molecule is Cc1ccc(N2CC(CCC[C@H](C)c3cccc4ccccc34)Oc3ccccc32)c(C)c1C(=O)O. The van der Waals surface area contributed by atoms with Crippen molar-refractivity contribution in [3.05, 3.63) is 101 Å². The number of anilines is 2. The highest BCUT2D eigenvalue weighted by atomic mass is 16.5. The van der Waals surface area contributed by atoms with Crippen LogP contribution in [-0.2, 0) is 0 Å². The second-order valence-corrected chi connectivity index (χ2v) is 9.93. The quantitative estimate of drug-likeness (QED) is 0.291. The van der Waals surface area contributed by atoms with Crippen molar-refractivity contribution < 1.29 is 14.6 Å². The fourth-order valence-electron chi connectivity index (χ4n) is 5.62. The van der Waals surface area contributed by atoms with Crippen LogP contribution >= 0.6 is 0 Å². The van der Waals surface area contributed by atoms with Gasteiger partial charge in [-0.15, -0.1) is 0 Å². The van der Waals surface area contributed by atoms with Gasteiger partial charge in [0.05, 0.1) is 17.8 Å². The first-order valence-electron chi connectivity index (χ1n) is 12.8. The number of carboxylic acids is 1. The van der Waals surface area contributed by atoms with Gasteiger partial charge in [-0.25, -0.2) is 4.79 Å². The first-order chi connectivity index (χ1) is 17.4. The Balaban J connectivity index is 1.34.